The lowest BCUT2D eigenvalue weighted by molar-refractivity contribution is -0.131. The Bertz CT molecular complexity index is 423. The van der Waals surface area contributed by atoms with E-state index in [0.29, 0.717) is 17.6 Å². The van der Waals surface area contributed by atoms with E-state index in [-0.39, 0.29) is 0 Å². The minimum Gasteiger partial charge on any atom is -0.497 e. The highest BCUT2D eigenvalue weighted by molar-refractivity contribution is 5.90. The van der Waals surface area contributed by atoms with Gasteiger partial charge in [0.25, 0.3) is 0 Å². The Labute approximate surface area is 89.2 Å². The molecule has 2 unspecified atom stereocenters. The summed E-state index contributed by atoms with van der Waals surface area (Å²) in [7, 11) is 1.69. The van der Waals surface area contributed by atoms with Crippen LogP contribution in [-0.2, 0) is 11.2 Å². The molecule has 1 fully saturated rings. The first kappa shape index (κ1) is 8.96. The van der Waals surface area contributed by atoms with Gasteiger partial charge in [-0.2, -0.15) is 0 Å². The van der Waals surface area contributed by atoms with Crippen LogP contribution in [0.15, 0.2) is 18.2 Å². The standard InChI is InChI=1S/C13H14O2/c1-15-9-4-2-8-3-5-10-12(7-13(10)14)11(8)6-9/h2,4,6,10,12H,3,5,7H2,1H3. The zero-order chi connectivity index (χ0) is 10.4. The van der Waals surface area contributed by atoms with Crippen molar-refractivity contribution >= 4 is 5.78 Å². The molecule has 0 N–H and O–H groups in total. The quantitative estimate of drug-likeness (QED) is 0.698. The number of carbonyl (C=O) groups excluding carboxylic acids is 1. The molecule has 2 atom stereocenters. The highest BCUT2D eigenvalue weighted by Crippen LogP contribution is 2.47. The Balaban J connectivity index is 2.02. The van der Waals surface area contributed by atoms with Crippen LogP contribution < -0.4 is 4.74 Å². The summed E-state index contributed by atoms with van der Waals surface area (Å²) in [4.78, 5) is 11.4. The van der Waals surface area contributed by atoms with Crippen LogP contribution in [-0.4, -0.2) is 12.9 Å². The van der Waals surface area contributed by atoms with Crippen LogP contribution >= 0.6 is 0 Å². The smallest absolute Gasteiger partial charge is 0.137 e. The van der Waals surface area contributed by atoms with E-state index in [4.69, 9.17) is 4.74 Å². The zero-order valence-corrected chi connectivity index (χ0v) is 8.82. The molecule has 2 heteroatoms. The van der Waals surface area contributed by atoms with Crippen molar-refractivity contribution in [2.45, 2.75) is 25.2 Å². The fourth-order valence-corrected chi connectivity index (χ4v) is 2.85. The third kappa shape index (κ3) is 1.21. The van der Waals surface area contributed by atoms with Gasteiger partial charge in [0.1, 0.15) is 11.5 Å². The number of ether oxygens (including phenoxy) is 1. The largest absolute Gasteiger partial charge is 0.497 e. The first-order valence-electron chi connectivity index (χ1n) is 5.49. The van der Waals surface area contributed by atoms with Crippen LogP contribution in [0.1, 0.15) is 29.9 Å². The van der Waals surface area contributed by atoms with E-state index < -0.39 is 0 Å². The Morgan fingerprint density at radius 2 is 2.20 bits per heavy atom. The lowest BCUT2D eigenvalue weighted by Crippen LogP contribution is -2.38. The third-order valence-corrected chi connectivity index (χ3v) is 3.80. The maximum atomic E-state index is 11.4. The van der Waals surface area contributed by atoms with Crippen LogP contribution in [0.2, 0.25) is 0 Å². The van der Waals surface area contributed by atoms with Crippen LogP contribution in [0.25, 0.3) is 0 Å². The second kappa shape index (κ2) is 3.09. The summed E-state index contributed by atoms with van der Waals surface area (Å²) in [5.41, 5.74) is 2.76. The van der Waals surface area contributed by atoms with Gasteiger partial charge in [-0.1, -0.05) is 6.07 Å². The van der Waals surface area contributed by atoms with Gasteiger partial charge in [-0.3, -0.25) is 4.79 Å². The van der Waals surface area contributed by atoms with Gasteiger partial charge in [-0.05, 0) is 36.1 Å². The van der Waals surface area contributed by atoms with Gasteiger partial charge in [-0.25, -0.2) is 0 Å². The van der Waals surface area contributed by atoms with Gasteiger partial charge in [0.2, 0.25) is 0 Å². The molecule has 3 rings (SSSR count). The number of Topliss-reactive ketones (excluding diaryl/α,β-unsaturated/α-hetero) is 1. The molecular formula is C13H14O2. The molecule has 0 spiro atoms. The molecule has 1 saturated carbocycles. The van der Waals surface area contributed by atoms with Crippen LogP contribution in [0.5, 0.6) is 5.75 Å². The number of carbonyl (C=O) groups is 1. The van der Waals surface area contributed by atoms with E-state index in [1.165, 1.54) is 11.1 Å². The van der Waals surface area contributed by atoms with Crippen molar-refractivity contribution in [1.29, 1.82) is 0 Å². The SMILES string of the molecule is COc1ccc2c(c1)C1CC(=O)C1CC2. The Kier molecular flexibility index (Phi) is 1.84. The molecule has 0 aliphatic heterocycles. The molecule has 1 aromatic carbocycles. The van der Waals surface area contributed by atoms with Gasteiger partial charge < -0.3 is 4.74 Å². The summed E-state index contributed by atoms with van der Waals surface area (Å²) < 4.78 is 5.23. The summed E-state index contributed by atoms with van der Waals surface area (Å²) in [6.45, 7) is 0. The molecule has 0 radical (unpaired) electrons. The summed E-state index contributed by atoms with van der Waals surface area (Å²) in [6, 6.07) is 6.27. The summed E-state index contributed by atoms with van der Waals surface area (Å²) in [5.74, 6) is 2.16. The van der Waals surface area contributed by atoms with E-state index in [1.54, 1.807) is 7.11 Å². The van der Waals surface area contributed by atoms with Crippen molar-refractivity contribution in [3.05, 3.63) is 29.3 Å². The molecule has 0 aromatic heterocycles. The predicted octanol–water partition coefficient (Wildman–Crippen LogP) is 2.31. The first-order chi connectivity index (χ1) is 7.29. The van der Waals surface area contributed by atoms with E-state index in [1.807, 2.05) is 6.07 Å². The first-order valence-corrected chi connectivity index (χ1v) is 5.49. The molecule has 0 heterocycles. The zero-order valence-electron chi connectivity index (χ0n) is 8.82. The van der Waals surface area contributed by atoms with Gasteiger partial charge in [0, 0.05) is 18.3 Å². The average Bonchev–Trinajstić information content (AvgIpc) is 2.26. The number of benzene rings is 1. The molecule has 0 saturated heterocycles. The second-order valence-corrected chi connectivity index (χ2v) is 4.49. The van der Waals surface area contributed by atoms with E-state index in [0.717, 1.165) is 25.0 Å². The highest BCUT2D eigenvalue weighted by atomic mass is 16.5. The molecule has 2 aliphatic carbocycles. The second-order valence-electron chi connectivity index (χ2n) is 4.49. The predicted molar refractivity (Wildman–Crippen MR) is 57.2 cm³/mol. The maximum absolute atomic E-state index is 11.4. The number of rotatable bonds is 1. The average molecular weight is 202 g/mol. The van der Waals surface area contributed by atoms with Crippen LogP contribution in [0, 0.1) is 5.92 Å². The van der Waals surface area contributed by atoms with Crippen molar-refractivity contribution in [3.8, 4) is 5.75 Å². The number of hydrogen-bond acceptors (Lipinski definition) is 2. The fraction of sp³-hybridized carbons (Fsp3) is 0.462. The monoisotopic (exact) mass is 202 g/mol. The van der Waals surface area contributed by atoms with E-state index >= 15 is 0 Å². The maximum Gasteiger partial charge on any atom is 0.137 e. The minimum absolute atomic E-state index is 0.310. The van der Waals surface area contributed by atoms with Gasteiger partial charge in [-0.15, -0.1) is 0 Å². The van der Waals surface area contributed by atoms with Crippen molar-refractivity contribution in [3.63, 3.8) is 0 Å². The Morgan fingerprint density at radius 3 is 2.93 bits per heavy atom. The Hall–Kier alpha value is -1.31. The molecule has 0 bridgehead atoms. The Morgan fingerprint density at radius 1 is 1.33 bits per heavy atom. The third-order valence-electron chi connectivity index (χ3n) is 3.80. The molecule has 2 nitrogen and oxygen atoms in total. The molecule has 0 amide bonds. The number of methoxy groups -OCH3 is 1. The van der Waals surface area contributed by atoms with Crippen molar-refractivity contribution in [2.24, 2.45) is 5.92 Å². The lowest BCUT2D eigenvalue weighted by atomic mass is 9.62. The number of aryl methyl sites for hydroxylation is 1. The number of ketones is 1. The molecular weight excluding hydrogens is 188 g/mol. The molecule has 1 aromatic rings. The summed E-state index contributed by atoms with van der Waals surface area (Å²) in [5, 5.41) is 0. The van der Waals surface area contributed by atoms with Crippen LogP contribution in [0.4, 0.5) is 0 Å². The molecule has 15 heavy (non-hydrogen) atoms. The summed E-state index contributed by atoms with van der Waals surface area (Å²) in [6.07, 6.45) is 2.83. The lowest BCUT2D eigenvalue weighted by Gasteiger charge is -2.40. The fourth-order valence-electron chi connectivity index (χ4n) is 2.85. The molecule has 78 valence electrons. The number of fused-ring (bicyclic) bond motifs is 3. The van der Waals surface area contributed by atoms with Crippen molar-refractivity contribution in [1.82, 2.24) is 0 Å². The van der Waals surface area contributed by atoms with Gasteiger partial charge >= 0.3 is 0 Å². The van der Waals surface area contributed by atoms with Crippen LogP contribution in [0.3, 0.4) is 0 Å². The summed E-state index contributed by atoms with van der Waals surface area (Å²) >= 11 is 0. The van der Waals surface area contributed by atoms with Gasteiger partial charge in [0.15, 0.2) is 0 Å². The van der Waals surface area contributed by atoms with Gasteiger partial charge in [0.05, 0.1) is 7.11 Å². The molecule has 2 aliphatic rings. The normalized spacial score (nSPS) is 27.7. The minimum atomic E-state index is 0.310. The van der Waals surface area contributed by atoms with E-state index in [2.05, 4.69) is 12.1 Å². The van der Waals surface area contributed by atoms with Crippen molar-refractivity contribution in [2.75, 3.05) is 7.11 Å². The number of hydrogen-bond donors (Lipinski definition) is 0. The topological polar surface area (TPSA) is 26.3 Å². The highest BCUT2D eigenvalue weighted by Gasteiger charge is 2.43. The van der Waals surface area contributed by atoms with Crippen molar-refractivity contribution < 1.29 is 9.53 Å². The van der Waals surface area contributed by atoms with E-state index in [9.17, 15) is 4.79 Å².